The lowest BCUT2D eigenvalue weighted by Gasteiger charge is -2.14. The van der Waals surface area contributed by atoms with Crippen molar-refractivity contribution in [3.63, 3.8) is 0 Å². The molecule has 1 heterocycles. The summed E-state index contributed by atoms with van der Waals surface area (Å²) in [5.74, 6) is 0.542. The second-order valence-electron chi connectivity index (χ2n) is 3.64. The molecule has 0 N–H and O–H groups in total. The van der Waals surface area contributed by atoms with Crippen LogP contribution in [0.15, 0.2) is 24.3 Å². The van der Waals surface area contributed by atoms with Crippen LogP contribution in [0.2, 0.25) is 0 Å². The molecule has 0 unspecified atom stereocenters. The van der Waals surface area contributed by atoms with E-state index in [-0.39, 0.29) is 6.16 Å². The number of aromatic nitrogens is 1. The standard InChI is InChI=1S/C13H20NO4P/c1-4-17-19(15,18-5-2)11-7-9-12-8-6-10-13(14-12)16-3/h6-10H,4-5,11H2,1-3H3. The fraction of sp³-hybridized carbons (Fsp3) is 0.462. The summed E-state index contributed by atoms with van der Waals surface area (Å²) in [6, 6.07) is 5.45. The molecule has 1 rings (SSSR count). The normalized spacial score (nSPS) is 11.9. The lowest BCUT2D eigenvalue weighted by molar-refractivity contribution is 0.222. The Morgan fingerprint density at radius 3 is 2.53 bits per heavy atom. The fourth-order valence-electron chi connectivity index (χ4n) is 1.48. The predicted octanol–water partition coefficient (Wildman–Crippen LogP) is 3.37. The van der Waals surface area contributed by atoms with Crippen molar-refractivity contribution < 1.29 is 18.3 Å². The van der Waals surface area contributed by atoms with Gasteiger partial charge in [-0.3, -0.25) is 4.57 Å². The fourth-order valence-corrected chi connectivity index (χ4v) is 2.91. The molecule has 0 saturated heterocycles. The summed E-state index contributed by atoms with van der Waals surface area (Å²) in [5, 5.41) is 0. The maximum absolute atomic E-state index is 12.2. The lowest BCUT2D eigenvalue weighted by atomic mass is 10.3. The van der Waals surface area contributed by atoms with Crippen molar-refractivity contribution >= 4 is 13.7 Å². The third kappa shape index (κ3) is 5.55. The average molecular weight is 285 g/mol. The summed E-state index contributed by atoms with van der Waals surface area (Å²) >= 11 is 0. The zero-order valence-corrected chi connectivity index (χ0v) is 12.4. The first kappa shape index (κ1) is 15.9. The molecule has 6 heteroatoms. The second kappa shape index (κ2) is 8.10. The maximum atomic E-state index is 12.2. The highest BCUT2D eigenvalue weighted by Gasteiger charge is 2.20. The summed E-state index contributed by atoms with van der Waals surface area (Å²) in [6.07, 6.45) is 3.74. The SMILES string of the molecule is CCOP(=O)(CC=Cc1cccc(OC)n1)OCC. The molecular weight excluding hydrogens is 265 g/mol. The van der Waals surface area contributed by atoms with Gasteiger partial charge in [0.2, 0.25) is 5.88 Å². The van der Waals surface area contributed by atoms with Gasteiger partial charge in [0.25, 0.3) is 0 Å². The van der Waals surface area contributed by atoms with E-state index in [1.54, 1.807) is 39.2 Å². The minimum Gasteiger partial charge on any atom is -0.481 e. The van der Waals surface area contributed by atoms with E-state index in [9.17, 15) is 4.57 Å². The Labute approximate surface area is 114 Å². The van der Waals surface area contributed by atoms with Gasteiger partial charge in [-0.2, -0.15) is 0 Å². The van der Waals surface area contributed by atoms with Crippen molar-refractivity contribution in [2.75, 3.05) is 26.5 Å². The van der Waals surface area contributed by atoms with Gasteiger partial charge in [0.1, 0.15) is 0 Å². The molecule has 0 saturated carbocycles. The molecule has 1 aromatic rings. The highest BCUT2D eigenvalue weighted by molar-refractivity contribution is 7.54. The lowest BCUT2D eigenvalue weighted by Crippen LogP contribution is -1.98. The van der Waals surface area contributed by atoms with Gasteiger partial charge in [-0.15, -0.1) is 0 Å². The molecule has 0 amide bonds. The van der Waals surface area contributed by atoms with Gasteiger partial charge in [0.15, 0.2) is 0 Å². The first-order chi connectivity index (χ1) is 9.13. The first-order valence-electron chi connectivity index (χ1n) is 6.19. The minimum atomic E-state index is -3.02. The van der Waals surface area contributed by atoms with E-state index in [2.05, 4.69) is 4.98 Å². The van der Waals surface area contributed by atoms with Crippen molar-refractivity contribution in [3.05, 3.63) is 30.0 Å². The molecule has 0 fully saturated rings. The largest absolute Gasteiger partial charge is 0.481 e. The average Bonchev–Trinajstić information content (AvgIpc) is 2.39. The van der Waals surface area contributed by atoms with Crippen LogP contribution in [-0.4, -0.2) is 31.5 Å². The third-order valence-electron chi connectivity index (χ3n) is 2.22. The van der Waals surface area contributed by atoms with E-state index in [0.29, 0.717) is 19.1 Å². The van der Waals surface area contributed by atoms with Gasteiger partial charge in [0.05, 0.1) is 32.2 Å². The number of allylic oxidation sites excluding steroid dienone is 1. The van der Waals surface area contributed by atoms with E-state index >= 15 is 0 Å². The molecule has 0 aliphatic heterocycles. The number of nitrogens with zero attached hydrogens (tertiary/aromatic N) is 1. The summed E-state index contributed by atoms with van der Waals surface area (Å²) in [7, 11) is -1.46. The zero-order valence-electron chi connectivity index (χ0n) is 11.5. The number of hydrogen-bond donors (Lipinski definition) is 0. The Kier molecular flexibility index (Phi) is 6.78. The third-order valence-corrected chi connectivity index (χ3v) is 4.18. The Bertz CT molecular complexity index is 452. The molecular formula is C13H20NO4P. The molecule has 0 aliphatic carbocycles. The number of rotatable bonds is 8. The van der Waals surface area contributed by atoms with Gasteiger partial charge < -0.3 is 13.8 Å². The Hall–Kier alpha value is -1.16. The van der Waals surface area contributed by atoms with Crippen LogP contribution < -0.4 is 4.74 Å². The van der Waals surface area contributed by atoms with Gasteiger partial charge >= 0.3 is 7.60 Å². The quantitative estimate of drug-likeness (QED) is 0.685. The van der Waals surface area contributed by atoms with E-state index < -0.39 is 7.60 Å². The van der Waals surface area contributed by atoms with Crippen LogP contribution in [0.5, 0.6) is 5.88 Å². The predicted molar refractivity (Wildman–Crippen MR) is 75.5 cm³/mol. The van der Waals surface area contributed by atoms with E-state index in [0.717, 1.165) is 5.69 Å². The topological polar surface area (TPSA) is 57.7 Å². The van der Waals surface area contributed by atoms with Gasteiger partial charge in [-0.25, -0.2) is 4.98 Å². The minimum absolute atomic E-state index is 0.230. The molecule has 0 radical (unpaired) electrons. The van der Waals surface area contributed by atoms with Gasteiger partial charge in [0, 0.05) is 6.07 Å². The van der Waals surface area contributed by atoms with Crippen molar-refractivity contribution in [2.45, 2.75) is 13.8 Å². The summed E-state index contributed by atoms with van der Waals surface area (Å²) in [6.45, 7) is 4.31. The number of methoxy groups -OCH3 is 1. The Balaban J connectivity index is 2.67. The molecule has 0 aliphatic rings. The van der Waals surface area contributed by atoms with Crippen LogP contribution in [0.1, 0.15) is 19.5 Å². The Morgan fingerprint density at radius 1 is 1.26 bits per heavy atom. The second-order valence-corrected chi connectivity index (χ2v) is 5.74. The highest BCUT2D eigenvalue weighted by atomic mass is 31.2. The summed E-state index contributed by atoms with van der Waals surface area (Å²) in [4.78, 5) is 4.22. The van der Waals surface area contributed by atoms with Crippen LogP contribution >= 0.6 is 7.60 Å². The molecule has 19 heavy (non-hydrogen) atoms. The van der Waals surface area contributed by atoms with E-state index in [4.69, 9.17) is 13.8 Å². The van der Waals surface area contributed by atoms with Crippen LogP contribution in [0.25, 0.3) is 6.08 Å². The van der Waals surface area contributed by atoms with Gasteiger partial charge in [-0.05, 0) is 26.0 Å². The van der Waals surface area contributed by atoms with Crippen molar-refractivity contribution in [2.24, 2.45) is 0 Å². The van der Waals surface area contributed by atoms with Crippen LogP contribution in [0, 0.1) is 0 Å². The van der Waals surface area contributed by atoms with Crippen LogP contribution in [-0.2, 0) is 13.6 Å². The molecule has 0 bridgehead atoms. The van der Waals surface area contributed by atoms with E-state index in [1.165, 1.54) is 0 Å². The van der Waals surface area contributed by atoms with Crippen molar-refractivity contribution in [3.8, 4) is 5.88 Å². The van der Waals surface area contributed by atoms with Crippen molar-refractivity contribution in [1.29, 1.82) is 0 Å². The van der Waals surface area contributed by atoms with Crippen LogP contribution in [0.4, 0.5) is 0 Å². The molecule has 0 atom stereocenters. The first-order valence-corrected chi connectivity index (χ1v) is 7.92. The Morgan fingerprint density at radius 2 is 1.95 bits per heavy atom. The maximum Gasteiger partial charge on any atom is 0.334 e. The van der Waals surface area contributed by atoms with Gasteiger partial charge in [-0.1, -0.05) is 12.1 Å². The van der Waals surface area contributed by atoms with Crippen molar-refractivity contribution in [1.82, 2.24) is 4.98 Å². The number of pyridine rings is 1. The molecule has 106 valence electrons. The molecule has 1 aromatic heterocycles. The summed E-state index contributed by atoms with van der Waals surface area (Å²) < 4.78 is 27.6. The number of hydrogen-bond acceptors (Lipinski definition) is 5. The highest BCUT2D eigenvalue weighted by Crippen LogP contribution is 2.47. The molecule has 0 spiro atoms. The summed E-state index contributed by atoms with van der Waals surface area (Å²) in [5.41, 5.74) is 0.735. The van der Waals surface area contributed by atoms with Crippen LogP contribution in [0.3, 0.4) is 0 Å². The number of ether oxygens (including phenoxy) is 1. The monoisotopic (exact) mass is 285 g/mol. The van der Waals surface area contributed by atoms with E-state index in [1.807, 2.05) is 12.1 Å². The smallest absolute Gasteiger partial charge is 0.334 e. The zero-order chi connectivity index (χ0) is 14.1. The molecule has 0 aromatic carbocycles. The molecule has 5 nitrogen and oxygen atoms in total.